The van der Waals surface area contributed by atoms with E-state index in [0.717, 1.165) is 17.1 Å². The average molecular weight is 604 g/mol. The van der Waals surface area contributed by atoms with Crippen LogP contribution in [0.2, 0.25) is 0 Å². The first-order valence-electron chi connectivity index (χ1n) is 15.7. The molecule has 0 saturated heterocycles. The molecular formula is C44H29NS. The minimum Gasteiger partial charge on any atom is -0.310 e. The first-order chi connectivity index (χ1) is 22.8. The van der Waals surface area contributed by atoms with Crippen LogP contribution in [0.15, 0.2) is 176 Å². The summed E-state index contributed by atoms with van der Waals surface area (Å²) in [7, 11) is 0. The van der Waals surface area contributed by atoms with Gasteiger partial charge >= 0.3 is 0 Å². The summed E-state index contributed by atoms with van der Waals surface area (Å²) in [4.78, 5) is 2.43. The maximum atomic E-state index is 2.43. The molecule has 0 fully saturated rings. The second-order valence-corrected chi connectivity index (χ2v) is 12.8. The van der Waals surface area contributed by atoms with Gasteiger partial charge in [0.05, 0.1) is 5.69 Å². The van der Waals surface area contributed by atoms with Gasteiger partial charge in [0.15, 0.2) is 0 Å². The van der Waals surface area contributed by atoms with Gasteiger partial charge in [-0.1, -0.05) is 133 Å². The van der Waals surface area contributed by atoms with E-state index in [2.05, 4.69) is 181 Å². The Balaban J connectivity index is 1.32. The van der Waals surface area contributed by atoms with Gasteiger partial charge < -0.3 is 4.90 Å². The van der Waals surface area contributed by atoms with Crippen LogP contribution in [0.5, 0.6) is 0 Å². The minimum absolute atomic E-state index is 1.14. The maximum Gasteiger partial charge on any atom is 0.0540 e. The highest BCUT2D eigenvalue weighted by Gasteiger charge is 2.20. The topological polar surface area (TPSA) is 3.24 Å². The predicted molar refractivity (Wildman–Crippen MR) is 200 cm³/mol. The molecule has 46 heavy (non-hydrogen) atoms. The molecule has 2 heteroatoms. The fourth-order valence-corrected chi connectivity index (χ4v) is 8.06. The highest BCUT2D eigenvalue weighted by Crippen LogP contribution is 2.46. The van der Waals surface area contributed by atoms with E-state index in [1.54, 1.807) is 0 Å². The SMILES string of the molecule is c1ccc(-c2ccccc2N(c2ccc3ccccc3c2)c2ccc3sc4c5ccccc5c(-c5ccccc5)cc4c3c2)cc1. The van der Waals surface area contributed by atoms with Crippen LogP contribution in [0, 0.1) is 0 Å². The lowest BCUT2D eigenvalue weighted by molar-refractivity contribution is 1.29. The summed E-state index contributed by atoms with van der Waals surface area (Å²) < 4.78 is 2.63. The number of anilines is 3. The molecule has 1 aromatic heterocycles. The number of para-hydroxylation sites is 1. The summed E-state index contributed by atoms with van der Waals surface area (Å²) in [6.07, 6.45) is 0. The van der Waals surface area contributed by atoms with Crippen molar-refractivity contribution in [1.82, 2.24) is 0 Å². The van der Waals surface area contributed by atoms with Crippen molar-refractivity contribution in [1.29, 1.82) is 0 Å². The number of hydrogen-bond donors (Lipinski definition) is 0. The number of rotatable bonds is 5. The maximum absolute atomic E-state index is 2.43. The van der Waals surface area contributed by atoms with Gasteiger partial charge in [0.1, 0.15) is 0 Å². The van der Waals surface area contributed by atoms with Crippen LogP contribution < -0.4 is 4.90 Å². The second kappa shape index (κ2) is 11.0. The quantitative estimate of drug-likeness (QED) is 0.189. The van der Waals surface area contributed by atoms with Crippen molar-refractivity contribution in [2.75, 3.05) is 4.90 Å². The lowest BCUT2D eigenvalue weighted by Gasteiger charge is -2.28. The lowest BCUT2D eigenvalue weighted by Crippen LogP contribution is -2.11. The molecule has 1 nitrogen and oxygen atoms in total. The third-order valence-electron chi connectivity index (χ3n) is 9.02. The van der Waals surface area contributed by atoms with Crippen LogP contribution in [0.1, 0.15) is 0 Å². The molecule has 0 N–H and O–H groups in total. The molecule has 216 valence electrons. The molecule has 0 saturated carbocycles. The van der Waals surface area contributed by atoms with E-state index in [1.807, 2.05) is 11.3 Å². The Morgan fingerprint density at radius 1 is 0.370 bits per heavy atom. The Kier molecular flexibility index (Phi) is 6.40. The van der Waals surface area contributed by atoms with Crippen LogP contribution in [-0.4, -0.2) is 0 Å². The van der Waals surface area contributed by atoms with E-state index in [0.29, 0.717) is 0 Å². The smallest absolute Gasteiger partial charge is 0.0540 e. The van der Waals surface area contributed by atoms with Crippen molar-refractivity contribution in [2.24, 2.45) is 0 Å². The van der Waals surface area contributed by atoms with Crippen molar-refractivity contribution in [3.63, 3.8) is 0 Å². The predicted octanol–water partition coefficient (Wildman–Crippen LogP) is 13.2. The number of nitrogens with zero attached hydrogens (tertiary/aromatic N) is 1. The van der Waals surface area contributed by atoms with Crippen LogP contribution in [0.3, 0.4) is 0 Å². The molecule has 0 unspecified atom stereocenters. The van der Waals surface area contributed by atoms with Crippen LogP contribution in [-0.2, 0) is 0 Å². The molecule has 0 atom stereocenters. The molecule has 0 bridgehead atoms. The molecule has 1 heterocycles. The lowest BCUT2D eigenvalue weighted by atomic mass is 9.95. The summed E-state index contributed by atoms with van der Waals surface area (Å²) in [5, 5.41) is 7.65. The fourth-order valence-electron chi connectivity index (χ4n) is 6.86. The van der Waals surface area contributed by atoms with E-state index >= 15 is 0 Å². The Hall–Kier alpha value is -5.70. The van der Waals surface area contributed by atoms with Gasteiger partial charge in [0.25, 0.3) is 0 Å². The van der Waals surface area contributed by atoms with Crippen molar-refractivity contribution < 1.29 is 0 Å². The Morgan fingerprint density at radius 2 is 0.978 bits per heavy atom. The van der Waals surface area contributed by atoms with E-state index < -0.39 is 0 Å². The third-order valence-corrected chi connectivity index (χ3v) is 10.2. The monoisotopic (exact) mass is 603 g/mol. The van der Waals surface area contributed by atoms with Gasteiger partial charge in [0, 0.05) is 42.5 Å². The van der Waals surface area contributed by atoms with Gasteiger partial charge in [0.2, 0.25) is 0 Å². The third kappa shape index (κ3) is 4.46. The Labute approximate surface area is 272 Å². The molecule has 0 aliphatic rings. The summed E-state index contributed by atoms with van der Waals surface area (Å²) >= 11 is 1.89. The highest BCUT2D eigenvalue weighted by atomic mass is 32.1. The molecule has 9 aromatic rings. The molecule has 9 rings (SSSR count). The first kappa shape index (κ1) is 26.7. The van der Waals surface area contributed by atoms with Crippen molar-refractivity contribution in [2.45, 2.75) is 0 Å². The van der Waals surface area contributed by atoms with Gasteiger partial charge in [-0.05, 0) is 75.3 Å². The summed E-state index contributed by atoms with van der Waals surface area (Å²) in [6.45, 7) is 0. The number of fused-ring (bicyclic) bond motifs is 6. The molecule has 0 radical (unpaired) electrons. The molecule has 0 aliphatic heterocycles. The molecule has 0 amide bonds. The summed E-state index contributed by atoms with van der Waals surface area (Å²) in [5.74, 6) is 0. The van der Waals surface area contributed by atoms with E-state index in [4.69, 9.17) is 0 Å². The molecular weight excluding hydrogens is 575 g/mol. The average Bonchev–Trinajstić information content (AvgIpc) is 3.50. The number of hydrogen-bond acceptors (Lipinski definition) is 2. The van der Waals surface area contributed by atoms with Crippen molar-refractivity contribution >= 4 is 70.1 Å². The van der Waals surface area contributed by atoms with E-state index in [-0.39, 0.29) is 0 Å². The number of benzene rings is 8. The second-order valence-electron chi connectivity index (χ2n) is 11.7. The minimum atomic E-state index is 1.14. The van der Waals surface area contributed by atoms with E-state index in [1.165, 1.54) is 64.0 Å². The van der Waals surface area contributed by atoms with Crippen LogP contribution in [0.25, 0.3) is 64.0 Å². The zero-order valence-corrected chi connectivity index (χ0v) is 25.9. The zero-order chi connectivity index (χ0) is 30.5. The van der Waals surface area contributed by atoms with Gasteiger partial charge in [-0.15, -0.1) is 11.3 Å². The van der Waals surface area contributed by atoms with E-state index in [9.17, 15) is 0 Å². The van der Waals surface area contributed by atoms with Crippen molar-refractivity contribution in [3.8, 4) is 22.3 Å². The Bertz CT molecular complexity index is 2530. The molecule has 0 aliphatic carbocycles. The fraction of sp³-hybridized carbons (Fsp3) is 0. The van der Waals surface area contributed by atoms with Crippen LogP contribution in [0.4, 0.5) is 17.1 Å². The summed E-state index contributed by atoms with van der Waals surface area (Å²) in [5.41, 5.74) is 8.34. The van der Waals surface area contributed by atoms with Gasteiger partial charge in [-0.3, -0.25) is 0 Å². The normalized spacial score (nSPS) is 11.5. The number of thiophene rings is 1. The van der Waals surface area contributed by atoms with Gasteiger partial charge in [-0.2, -0.15) is 0 Å². The van der Waals surface area contributed by atoms with Crippen molar-refractivity contribution in [3.05, 3.63) is 176 Å². The largest absolute Gasteiger partial charge is 0.310 e. The molecule has 8 aromatic carbocycles. The first-order valence-corrected chi connectivity index (χ1v) is 16.5. The molecule has 0 spiro atoms. The van der Waals surface area contributed by atoms with Crippen LogP contribution >= 0.6 is 11.3 Å². The summed E-state index contributed by atoms with van der Waals surface area (Å²) in [6, 6.07) is 63.9. The standard InChI is InChI=1S/C44H29NS/c1-3-14-31(15-4-1)36-19-11-12-22-42(36)45(34-24-23-30-13-7-8-18-33(30)27-34)35-25-26-43-40(28-35)41-29-39(32-16-5-2-6-17-32)37-20-9-10-21-38(37)44(41)46-43/h1-29H. The highest BCUT2D eigenvalue weighted by molar-refractivity contribution is 7.26. The zero-order valence-electron chi connectivity index (χ0n) is 25.1. The van der Waals surface area contributed by atoms with Gasteiger partial charge in [-0.25, -0.2) is 0 Å². The Morgan fingerprint density at radius 3 is 1.78 bits per heavy atom.